The number of ether oxygens (including phenoxy) is 3. The number of benzene rings is 6. The summed E-state index contributed by atoms with van der Waals surface area (Å²) in [4.78, 5) is 0. The Labute approximate surface area is 252 Å². The molecule has 210 valence electrons. The van der Waals surface area contributed by atoms with E-state index in [1.54, 1.807) is 14.2 Å². The highest BCUT2D eigenvalue weighted by atomic mass is 16.5. The molecule has 1 unspecified atom stereocenters. The van der Waals surface area contributed by atoms with Crippen LogP contribution in [0.2, 0.25) is 0 Å². The Hall–Kier alpha value is -5.02. The molecule has 2 aliphatic rings. The fraction of sp³-hybridized carbons (Fsp3) is 0.150. The predicted molar refractivity (Wildman–Crippen MR) is 175 cm³/mol. The molecule has 6 aromatic rings. The van der Waals surface area contributed by atoms with Crippen molar-refractivity contribution < 1.29 is 14.2 Å². The van der Waals surface area contributed by atoms with Gasteiger partial charge >= 0.3 is 0 Å². The largest absolute Gasteiger partial charge is 0.497 e. The molecule has 0 aromatic heterocycles. The van der Waals surface area contributed by atoms with E-state index in [1.165, 1.54) is 33.0 Å². The molecule has 0 bridgehead atoms. The van der Waals surface area contributed by atoms with Gasteiger partial charge in [-0.2, -0.15) is 0 Å². The summed E-state index contributed by atoms with van der Waals surface area (Å²) < 4.78 is 18.8. The van der Waals surface area contributed by atoms with Crippen molar-refractivity contribution in [3.8, 4) is 28.4 Å². The summed E-state index contributed by atoms with van der Waals surface area (Å²) >= 11 is 0. The Bertz CT molecular complexity index is 2090. The van der Waals surface area contributed by atoms with E-state index >= 15 is 0 Å². The van der Waals surface area contributed by atoms with Gasteiger partial charge in [0.2, 0.25) is 0 Å². The predicted octanol–water partition coefficient (Wildman–Crippen LogP) is 9.67. The second kappa shape index (κ2) is 9.24. The second-order valence-electron chi connectivity index (χ2n) is 12.0. The van der Waals surface area contributed by atoms with Crippen molar-refractivity contribution in [2.45, 2.75) is 24.9 Å². The summed E-state index contributed by atoms with van der Waals surface area (Å²) in [6.45, 7) is 4.67. The van der Waals surface area contributed by atoms with Crippen molar-refractivity contribution in [1.29, 1.82) is 0 Å². The molecule has 1 atom stereocenters. The average Bonchev–Trinajstić information content (AvgIpc) is 3.31. The molecule has 0 fully saturated rings. The fourth-order valence-corrected chi connectivity index (χ4v) is 7.41. The lowest BCUT2D eigenvalue weighted by atomic mass is 9.78. The van der Waals surface area contributed by atoms with Gasteiger partial charge in [0.05, 0.1) is 14.2 Å². The summed E-state index contributed by atoms with van der Waals surface area (Å²) in [6, 6.07) is 38.3. The zero-order valence-electron chi connectivity index (χ0n) is 24.8. The smallest absolute Gasteiger partial charge is 0.178 e. The Balaban J connectivity index is 1.48. The minimum absolute atomic E-state index is 0.242. The van der Waals surface area contributed by atoms with Gasteiger partial charge in [-0.1, -0.05) is 105 Å². The molecule has 0 saturated carbocycles. The first-order valence-electron chi connectivity index (χ1n) is 14.8. The summed E-state index contributed by atoms with van der Waals surface area (Å²) in [5.41, 5.74) is 7.31. The molecular formula is C40H32O3. The SMILES string of the molecule is COc1ccc(C2(c3ccccc3)C=Cc3c4c(c5ccccc5c3O2)C(C)(C)c2cc(OC)c3ccccc3c2-4)cc1. The van der Waals surface area contributed by atoms with Crippen LogP contribution in [-0.4, -0.2) is 14.2 Å². The van der Waals surface area contributed by atoms with Crippen LogP contribution in [0.3, 0.4) is 0 Å². The van der Waals surface area contributed by atoms with Crippen molar-refractivity contribution in [2.75, 3.05) is 14.2 Å². The monoisotopic (exact) mass is 560 g/mol. The van der Waals surface area contributed by atoms with Gasteiger partial charge in [0.25, 0.3) is 0 Å². The van der Waals surface area contributed by atoms with Gasteiger partial charge in [-0.15, -0.1) is 0 Å². The molecule has 1 aliphatic heterocycles. The first kappa shape index (κ1) is 25.7. The van der Waals surface area contributed by atoms with E-state index < -0.39 is 5.60 Å². The molecule has 43 heavy (non-hydrogen) atoms. The van der Waals surface area contributed by atoms with Crippen molar-refractivity contribution in [1.82, 2.24) is 0 Å². The third-order valence-corrected chi connectivity index (χ3v) is 9.45. The zero-order valence-corrected chi connectivity index (χ0v) is 24.8. The zero-order chi connectivity index (χ0) is 29.3. The lowest BCUT2D eigenvalue weighted by Gasteiger charge is -2.38. The van der Waals surface area contributed by atoms with Gasteiger partial charge in [-0.3, -0.25) is 0 Å². The van der Waals surface area contributed by atoms with Crippen LogP contribution in [-0.2, 0) is 11.0 Å². The van der Waals surface area contributed by atoms with Gasteiger partial charge in [0.1, 0.15) is 17.2 Å². The standard InChI is InChI=1S/C40H32O3/c1-39(2)33-24-34(42-4)28-14-8-9-15-29(28)35(33)36-32-22-23-40(25-12-6-5-7-13-25,26-18-20-27(41-3)21-19-26)43-38(32)31-17-11-10-16-30(31)37(36)39/h5-24H,1-4H3. The summed E-state index contributed by atoms with van der Waals surface area (Å²) in [7, 11) is 3.46. The summed E-state index contributed by atoms with van der Waals surface area (Å²) in [6.07, 6.45) is 4.53. The number of hydrogen-bond donors (Lipinski definition) is 0. The van der Waals surface area contributed by atoms with Crippen molar-refractivity contribution >= 4 is 27.6 Å². The molecule has 1 heterocycles. The second-order valence-corrected chi connectivity index (χ2v) is 12.0. The van der Waals surface area contributed by atoms with E-state index in [4.69, 9.17) is 14.2 Å². The molecule has 8 rings (SSSR count). The van der Waals surface area contributed by atoms with E-state index in [2.05, 4.69) is 117 Å². The van der Waals surface area contributed by atoms with Crippen LogP contribution in [0.4, 0.5) is 0 Å². The Morgan fingerprint density at radius 3 is 1.93 bits per heavy atom. The van der Waals surface area contributed by atoms with Crippen molar-refractivity contribution in [2.24, 2.45) is 0 Å². The maximum absolute atomic E-state index is 7.39. The van der Waals surface area contributed by atoms with Gasteiger partial charge in [-0.05, 0) is 63.4 Å². The number of methoxy groups -OCH3 is 2. The first-order chi connectivity index (χ1) is 21.0. The molecule has 1 aliphatic carbocycles. The Morgan fingerprint density at radius 1 is 0.605 bits per heavy atom. The van der Waals surface area contributed by atoms with Crippen LogP contribution in [0.15, 0.2) is 115 Å². The van der Waals surface area contributed by atoms with Crippen LogP contribution in [0.25, 0.3) is 38.7 Å². The lowest BCUT2D eigenvalue weighted by molar-refractivity contribution is 0.163. The molecule has 3 nitrogen and oxygen atoms in total. The van der Waals surface area contributed by atoms with Crippen LogP contribution in [0.5, 0.6) is 17.2 Å². The van der Waals surface area contributed by atoms with Crippen LogP contribution < -0.4 is 14.2 Å². The van der Waals surface area contributed by atoms with Gasteiger partial charge < -0.3 is 14.2 Å². The maximum atomic E-state index is 7.39. The summed E-state index contributed by atoms with van der Waals surface area (Å²) in [5, 5.41) is 4.65. The Kier molecular flexibility index (Phi) is 5.52. The normalized spacial score (nSPS) is 17.7. The van der Waals surface area contributed by atoms with Crippen molar-refractivity contribution in [3.05, 3.63) is 143 Å². The minimum Gasteiger partial charge on any atom is -0.497 e. The molecular weight excluding hydrogens is 528 g/mol. The minimum atomic E-state index is -0.809. The third-order valence-electron chi connectivity index (χ3n) is 9.45. The van der Waals surface area contributed by atoms with Gasteiger partial charge in [0.15, 0.2) is 5.60 Å². The highest BCUT2D eigenvalue weighted by Gasteiger charge is 2.44. The molecule has 3 heteroatoms. The van der Waals surface area contributed by atoms with Gasteiger partial charge in [0, 0.05) is 32.9 Å². The van der Waals surface area contributed by atoms with E-state index in [1.807, 2.05) is 18.2 Å². The van der Waals surface area contributed by atoms with E-state index in [0.29, 0.717) is 0 Å². The highest BCUT2D eigenvalue weighted by molar-refractivity contribution is 6.13. The van der Waals surface area contributed by atoms with E-state index in [-0.39, 0.29) is 5.41 Å². The van der Waals surface area contributed by atoms with Crippen LogP contribution in [0, 0.1) is 0 Å². The molecule has 0 radical (unpaired) electrons. The molecule has 0 spiro atoms. The highest BCUT2D eigenvalue weighted by Crippen LogP contribution is 2.60. The number of hydrogen-bond acceptors (Lipinski definition) is 3. The average molecular weight is 561 g/mol. The Morgan fingerprint density at radius 2 is 1.23 bits per heavy atom. The molecule has 0 saturated heterocycles. The quantitative estimate of drug-likeness (QED) is 0.215. The number of rotatable bonds is 4. The van der Waals surface area contributed by atoms with Gasteiger partial charge in [-0.25, -0.2) is 0 Å². The fourth-order valence-electron chi connectivity index (χ4n) is 7.41. The van der Waals surface area contributed by atoms with Crippen LogP contribution >= 0.6 is 0 Å². The number of fused-ring (bicyclic) bond motifs is 10. The first-order valence-corrected chi connectivity index (χ1v) is 14.8. The van der Waals surface area contributed by atoms with Crippen LogP contribution in [0.1, 0.15) is 41.7 Å². The third kappa shape index (κ3) is 3.48. The lowest BCUT2D eigenvalue weighted by Crippen LogP contribution is -2.34. The topological polar surface area (TPSA) is 27.7 Å². The van der Waals surface area contributed by atoms with Crippen molar-refractivity contribution in [3.63, 3.8) is 0 Å². The van der Waals surface area contributed by atoms with E-state index in [9.17, 15) is 0 Å². The molecule has 6 aromatic carbocycles. The maximum Gasteiger partial charge on any atom is 0.178 e. The van der Waals surface area contributed by atoms with E-state index in [0.717, 1.165) is 44.7 Å². The summed E-state index contributed by atoms with van der Waals surface area (Å²) in [5.74, 6) is 2.62. The molecule has 0 N–H and O–H groups in total. The molecule has 0 amide bonds.